The number of anilines is 1. The summed E-state index contributed by atoms with van der Waals surface area (Å²) in [6, 6.07) is 3.53. The van der Waals surface area contributed by atoms with Crippen LogP contribution in [0.1, 0.15) is 29.3 Å². The van der Waals surface area contributed by atoms with Crippen molar-refractivity contribution >= 4 is 38.3 Å². The molecular formula is C12H13BrN4OS. The molecule has 2 aromatic heterocycles. The Kier molecular flexibility index (Phi) is 4.60. The maximum absolute atomic E-state index is 12.0. The van der Waals surface area contributed by atoms with Crippen LogP contribution < -0.4 is 5.32 Å². The van der Waals surface area contributed by atoms with Crippen molar-refractivity contribution in [3.63, 3.8) is 0 Å². The van der Waals surface area contributed by atoms with Crippen molar-refractivity contribution < 1.29 is 4.79 Å². The van der Waals surface area contributed by atoms with E-state index >= 15 is 0 Å². The van der Waals surface area contributed by atoms with Crippen LogP contribution in [0.2, 0.25) is 0 Å². The molecule has 5 nitrogen and oxygen atoms in total. The van der Waals surface area contributed by atoms with Crippen LogP contribution in [0.3, 0.4) is 0 Å². The first-order chi connectivity index (χ1) is 9.06. The van der Waals surface area contributed by atoms with E-state index in [1.165, 1.54) is 11.3 Å². The summed E-state index contributed by atoms with van der Waals surface area (Å²) >= 11 is 4.69. The van der Waals surface area contributed by atoms with Gasteiger partial charge in [-0.05, 0) is 34.0 Å². The third-order valence-electron chi connectivity index (χ3n) is 2.24. The van der Waals surface area contributed by atoms with Gasteiger partial charge in [-0.3, -0.25) is 10.1 Å². The maximum Gasteiger partial charge on any atom is 0.277 e. The largest absolute Gasteiger partial charge is 0.295 e. The Labute approximate surface area is 123 Å². The summed E-state index contributed by atoms with van der Waals surface area (Å²) in [5.41, 5.74) is 0.336. The maximum atomic E-state index is 12.0. The van der Waals surface area contributed by atoms with Gasteiger partial charge in [-0.15, -0.1) is 10.2 Å². The van der Waals surface area contributed by atoms with Crippen molar-refractivity contribution in [1.82, 2.24) is 15.2 Å². The minimum Gasteiger partial charge on any atom is -0.295 e. The molecule has 19 heavy (non-hydrogen) atoms. The van der Waals surface area contributed by atoms with Crippen LogP contribution in [0, 0.1) is 5.92 Å². The Hall–Kier alpha value is -1.34. The molecule has 0 aromatic carbocycles. The smallest absolute Gasteiger partial charge is 0.277 e. The first kappa shape index (κ1) is 14.1. The first-order valence-electron chi connectivity index (χ1n) is 5.80. The predicted octanol–water partition coefficient (Wildman–Crippen LogP) is 3.15. The molecule has 0 radical (unpaired) electrons. The fourth-order valence-corrected chi connectivity index (χ4v) is 2.83. The standard InChI is InChI=1S/C12H13BrN4OS/c1-7(2)6-9-16-17-12(19-9)15-11(18)10-8(13)4-3-5-14-10/h3-5,7H,6H2,1-2H3,(H,15,17,18). The fraction of sp³-hybridized carbons (Fsp3) is 0.333. The number of carbonyl (C=O) groups excluding carboxylic acids is 1. The molecule has 0 bridgehead atoms. The highest BCUT2D eigenvalue weighted by atomic mass is 79.9. The second-order valence-electron chi connectivity index (χ2n) is 4.39. The number of rotatable bonds is 4. The van der Waals surface area contributed by atoms with Gasteiger partial charge in [-0.1, -0.05) is 25.2 Å². The number of pyridine rings is 1. The lowest BCUT2D eigenvalue weighted by molar-refractivity contribution is 0.102. The third kappa shape index (κ3) is 3.81. The Balaban J connectivity index is 2.07. The molecule has 0 saturated carbocycles. The SMILES string of the molecule is CC(C)Cc1nnc(NC(=O)c2ncccc2Br)s1. The number of hydrogen-bond donors (Lipinski definition) is 1. The molecule has 0 atom stereocenters. The molecule has 0 aliphatic carbocycles. The van der Waals surface area contributed by atoms with E-state index in [0.29, 0.717) is 21.2 Å². The molecule has 100 valence electrons. The summed E-state index contributed by atoms with van der Waals surface area (Å²) in [6.45, 7) is 4.23. The number of hydrogen-bond acceptors (Lipinski definition) is 5. The lowest BCUT2D eigenvalue weighted by atomic mass is 10.1. The van der Waals surface area contributed by atoms with Crippen LogP contribution in [0.5, 0.6) is 0 Å². The summed E-state index contributed by atoms with van der Waals surface area (Å²) in [5, 5.41) is 12.1. The molecule has 0 fully saturated rings. The molecule has 2 heterocycles. The van der Waals surface area contributed by atoms with Crippen LogP contribution in [0.25, 0.3) is 0 Å². The number of carbonyl (C=O) groups is 1. The normalized spacial score (nSPS) is 10.7. The number of nitrogens with zero attached hydrogens (tertiary/aromatic N) is 3. The zero-order valence-corrected chi connectivity index (χ0v) is 13.0. The predicted molar refractivity (Wildman–Crippen MR) is 78.3 cm³/mol. The van der Waals surface area contributed by atoms with Gasteiger partial charge in [0.25, 0.3) is 5.91 Å². The van der Waals surface area contributed by atoms with Gasteiger partial charge in [-0.25, -0.2) is 4.98 Å². The molecule has 7 heteroatoms. The van der Waals surface area contributed by atoms with Crippen molar-refractivity contribution in [2.45, 2.75) is 20.3 Å². The van der Waals surface area contributed by atoms with Gasteiger partial charge in [0.15, 0.2) is 0 Å². The lowest BCUT2D eigenvalue weighted by Gasteiger charge is -2.01. The molecule has 2 aromatic rings. The van der Waals surface area contributed by atoms with Gasteiger partial charge in [0.05, 0.1) is 0 Å². The van der Waals surface area contributed by atoms with Gasteiger partial charge in [0.1, 0.15) is 10.7 Å². The average Bonchev–Trinajstić information content (AvgIpc) is 2.76. The average molecular weight is 341 g/mol. The second kappa shape index (κ2) is 6.21. The summed E-state index contributed by atoms with van der Waals surface area (Å²) in [7, 11) is 0. The van der Waals surface area contributed by atoms with Gasteiger partial charge in [0.2, 0.25) is 5.13 Å². The van der Waals surface area contributed by atoms with Crippen LogP contribution >= 0.6 is 27.3 Å². The van der Waals surface area contributed by atoms with E-state index < -0.39 is 0 Å². The highest BCUT2D eigenvalue weighted by Crippen LogP contribution is 2.20. The molecule has 1 N–H and O–H groups in total. The van der Waals surface area contributed by atoms with Crippen molar-refractivity contribution in [1.29, 1.82) is 0 Å². The van der Waals surface area contributed by atoms with Crippen molar-refractivity contribution in [3.05, 3.63) is 33.5 Å². The highest BCUT2D eigenvalue weighted by molar-refractivity contribution is 9.10. The summed E-state index contributed by atoms with van der Waals surface area (Å²) < 4.78 is 0.652. The van der Waals surface area contributed by atoms with Crippen molar-refractivity contribution in [2.75, 3.05) is 5.32 Å². The molecular weight excluding hydrogens is 328 g/mol. The summed E-state index contributed by atoms with van der Waals surface area (Å²) in [5.74, 6) is 0.223. The molecule has 0 spiro atoms. The minimum atomic E-state index is -0.292. The van der Waals surface area contributed by atoms with Crippen molar-refractivity contribution in [2.24, 2.45) is 5.92 Å². The van der Waals surface area contributed by atoms with E-state index in [4.69, 9.17) is 0 Å². The molecule has 2 rings (SSSR count). The minimum absolute atomic E-state index is 0.292. The quantitative estimate of drug-likeness (QED) is 0.928. The molecule has 0 unspecified atom stereocenters. The molecule has 1 amide bonds. The second-order valence-corrected chi connectivity index (χ2v) is 6.30. The molecule has 0 saturated heterocycles. The zero-order chi connectivity index (χ0) is 13.8. The summed E-state index contributed by atoms with van der Waals surface area (Å²) in [4.78, 5) is 16.0. The molecule has 0 aliphatic heterocycles. The van der Waals surface area contributed by atoms with E-state index in [2.05, 4.69) is 50.3 Å². The Morgan fingerprint density at radius 1 is 1.47 bits per heavy atom. The number of nitrogens with one attached hydrogen (secondary N) is 1. The third-order valence-corrected chi connectivity index (χ3v) is 3.74. The van der Waals surface area contributed by atoms with Crippen LogP contribution in [-0.2, 0) is 6.42 Å². The van der Waals surface area contributed by atoms with Gasteiger partial charge in [-0.2, -0.15) is 0 Å². The fourth-order valence-electron chi connectivity index (χ4n) is 1.44. The van der Waals surface area contributed by atoms with Crippen LogP contribution in [0.4, 0.5) is 5.13 Å². The Bertz CT molecular complexity index is 585. The van der Waals surface area contributed by atoms with E-state index in [1.54, 1.807) is 18.3 Å². The monoisotopic (exact) mass is 340 g/mol. The number of halogens is 1. The van der Waals surface area contributed by atoms with E-state index in [0.717, 1.165) is 11.4 Å². The van der Waals surface area contributed by atoms with Gasteiger partial charge >= 0.3 is 0 Å². The Morgan fingerprint density at radius 3 is 2.95 bits per heavy atom. The highest BCUT2D eigenvalue weighted by Gasteiger charge is 2.14. The summed E-state index contributed by atoms with van der Waals surface area (Å²) in [6.07, 6.45) is 2.44. The van der Waals surface area contributed by atoms with E-state index in [1.807, 2.05) is 0 Å². The first-order valence-corrected chi connectivity index (χ1v) is 7.41. The topological polar surface area (TPSA) is 67.8 Å². The van der Waals surface area contributed by atoms with Gasteiger partial charge < -0.3 is 0 Å². The van der Waals surface area contributed by atoms with E-state index in [9.17, 15) is 4.79 Å². The molecule has 0 aliphatic rings. The van der Waals surface area contributed by atoms with Gasteiger partial charge in [0, 0.05) is 17.1 Å². The van der Waals surface area contributed by atoms with Crippen LogP contribution in [-0.4, -0.2) is 21.1 Å². The van der Waals surface area contributed by atoms with E-state index in [-0.39, 0.29) is 5.91 Å². The van der Waals surface area contributed by atoms with Crippen LogP contribution in [0.15, 0.2) is 22.8 Å². The number of amides is 1. The van der Waals surface area contributed by atoms with Crippen molar-refractivity contribution in [3.8, 4) is 0 Å². The lowest BCUT2D eigenvalue weighted by Crippen LogP contribution is -2.14. The Morgan fingerprint density at radius 2 is 2.26 bits per heavy atom. The zero-order valence-electron chi connectivity index (χ0n) is 10.6. The number of aromatic nitrogens is 3.